The molecule has 2 aromatic carbocycles. The van der Waals surface area contributed by atoms with Crippen LogP contribution in [0.1, 0.15) is 62.7 Å². The Balaban J connectivity index is 1.49. The lowest BCUT2D eigenvalue weighted by atomic mass is 9.81. The van der Waals surface area contributed by atoms with Crippen molar-refractivity contribution in [2.24, 2.45) is 11.8 Å². The second kappa shape index (κ2) is 10.3. The molecule has 30 heavy (non-hydrogen) atoms. The first-order valence-corrected chi connectivity index (χ1v) is 11.2. The fraction of sp³-hybridized carbons (Fsp3) is 0.417. The highest BCUT2D eigenvalue weighted by molar-refractivity contribution is 6.31. The fourth-order valence-electron chi connectivity index (χ4n) is 4.09. The van der Waals surface area contributed by atoms with E-state index in [-0.39, 0.29) is 35.7 Å². The molecule has 0 heterocycles. The van der Waals surface area contributed by atoms with Gasteiger partial charge in [0.2, 0.25) is 11.8 Å². The average molecular weight is 447 g/mol. The lowest BCUT2D eigenvalue weighted by Gasteiger charge is -2.29. The Kier molecular flexibility index (Phi) is 7.79. The van der Waals surface area contributed by atoms with Crippen molar-refractivity contribution in [3.05, 3.63) is 69.7 Å². The van der Waals surface area contributed by atoms with Crippen LogP contribution < -0.4 is 10.6 Å². The summed E-state index contributed by atoms with van der Waals surface area (Å²) in [5, 5.41) is 7.45. The second-order valence-corrected chi connectivity index (χ2v) is 8.87. The maximum Gasteiger partial charge on any atom is 0.223 e. The van der Waals surface area contributed by atoms with Crippen LogP contribution in [0.3, 0.4) is 0 Å². The summed E-state index contributed by atoms with van der Waals surface area (Å²) in [4.78, 5) is 25.4. The molecule has 2 atom stereocenters. The van der Waals surface area contributed by atoms with E-state index in [4.69, 9.17) is 23.2 Å². The quantitative estimate of drug-likeness (QED) is 0.583. The Hall–Kier alpha value is -2.04. The molecule has 0 unspecified atom stereocenters. The van der Waals surface area contributed by atoms with E-state index in [9.17, 15) is 9.59 Å². The van der Waals surface area contributed by atoms with Crippen molar-refractivity contribution in [1.82, 2.24) is 10.6 Å². The van der Waals surface area contributed by atoms with Gasteiger partial charge >= 0.3 is 0 Å². The molecule has 2 amide bonds. The van der Waals surface area contributed by atoms with Crippen LogP contribution >= 0.6 is 23.2 Å². The highest BCUT2D eigenvalue weighted by atomic mass is 35.5. The third-order valence-corrected chi connectivity index (χ3v) is 6.62. The van der Waals surface area contributed by atoms with Gasteiger partial charge < -0.3 is 10.6 Å². The minimum atomic E-state index is -0.149. The van der Waals surface area contributed by atoms with Crippen molar-refractivity contribution in [3.8, 4) is 0 Å². The van der Waals surface area contributed by atoms with E-state index in [0.717, 1.165) is 11.1 Å². The van der Waals surface area contributed by atoms with E-state index in [0.29, 0.717) is 35.7 Å². The topological polar surface area (TPSA) is 58.2 Å². The SMILES string of the molecule is C[C@@H](NC(=O)C1CCC(C(=O)N[C@H](C)c2ccccc2Cl)CC1)c1ccccc1Cl. The van der Waals surface area contributed by atoms with Crippen LogP contribution in [0.15, 0.2) is 48.5 Å². The van der Waals surface area contributed by atoms with Gasteiger partial charge in [-0.25, -0.2) is 0 Å². The van der Waals surface area contributed by atoms with E-state index in [1.807, 2.05) is 62.4 Å². The molecule has 0 bridgehead atoms. The number of benzene rings is 2. The molecule has 0 aliphatic heterocycles. The molecule has 1 saturated carbocycles. The van der Waals surface area contributed by atoms with Crippen molar-refractivity contribution in [2.75, 3.05) is 0 Å². The van der Waals surface area contributed by atoms with E-state index in [1.54, 1.807) is 0 Å². The first kappa shape index (κ1) is 22.6. The lowest BCUT2D eigenvalue weighted by molar-refractivity contribution is -0.131. The Bertz CT molecular complexity index is 821. The Morgan fingerprint density at radius 1 is 0.733 bits per heavy atom. The molecule has 6 heteroatoms. The van der Waals surface area contributed by atoms with Gasteiger partial charge in [0.1, 0.15) is 0 Å². The van der Waals surface area contributed by atoms with Gasteiger partial charge in [0.05, 0.1) is 12.1 Å². The summed E-state index contributed by atoms with van der Waals surface area (Å²) >= 11 is 12.5. The van der Waals surface area contributed by atoms with Crippen molar-refractivity contribution in [1.29, 1.82) is 0 Å². The summed E-state index contributed by atoms with van der Waals surface area (Å²) in [6.07, 6.45) is 2.83. The van der Waals surface area contributed by atoms with Crippen LogP contribution in [0.4, 0.5) is 0 Å². The summed E-state index contributed by atoms with van der Waals surface area (Å²) < 4.78 is 0. The van der Waals surface area contributed by atoms with Gasteiger partial charge in [-0.05, 0) is 62.8 Å². The van der Waals surface area contributed by atoms with Crippen molar-refractivity contribution < 1.29 is 9.59 Å². The number of nitrogens with one attached hydrogen (secondary N) is 2. The van der Waals surface area contributed by atoms with Crippen LogP contribution in [0.2, 0.25) is 10.0 Å². The zero-order chi connectivity index (χ0) is 21.7. The molecule has 1 fully saturated rings. The molecule has 4 nitrogen and oxygen atoms in total. The minimum Gasteiger partial charge on any atom is -0.349 e. The van der Waals surface area contributed by atoms with Crippen molar-refractivity contribution in [3.63, 3.8) is 0 Å². The molecule has 2 aromatic rings. The molecule has 0 saturated heterocycles. The average Bonchev–Trinajstić information content (AvgIpc) is 2.74. The maximum atomic E-state index is 12.7. The monoisotopic (exact) mass is 446 g/mol. The normalized spacial score (nSPS) is 20.8. The number of hydrogen-bond acceptors (Lipinski definition) is 2. The van der Waals surface area contributed by atoms with E-state index < -0.39 is 0 Å². The first-order valence-electron chi connectivity index (χ1n) is 10.5. The summed E-state index contributed by atoms with van der Waals surface area (Å²) in [5.41, 5.74) is 1.82. The minimum absolute atomic E-state index is 0.0331. The van der Waals surface area contributed by atoms with Crippen LogP contribution in [0, 0.1) is 11.8 Å². The number of amides is 2. The predicted molar refractivity (Wildman–Crippen MR) is 121 cm³/mol. The Morgan fingerprint density at radius 2 is 1.07 bits per heavy atom. The van der Waals surface area contributed by atoms with E-state index >= 15 is 0 Å². The van der Waals surface area contributed by atoms with Gasteiger partial charge in [0, 0.05) is 21.9 Å². The summed E-state index contributed by atoms with van der Waals surface area (Å²) in [5.74, 6) is -0.0728. The summed E-state index contributed by atoms with van der Waals surface area (Å²) in [7, 11) is 0. The van der Waals surface area contributed by atoms with Gasteiger partial charge in [-0.3, -0.25) is 9.59 Å². The highest BCUT2D eigenvalue weighted by Crippen LogP contribution is 2.31. The largest absolute Gasteiger partial charge is 0.349 e. The summed E-state index contributed by atoms with van der Waals surface area (Å²) in [6.45, 7) is 3.88. The zero-order valence-electron chi connectivity index (χ0n) is 17.3. The summed E-state index contributed by atoms with van der Waals surface area (Å²) in [6, 6.07) is 14.8. The van der Waals surface area contributed by atoms with Gasteiger partial charge in [-0.2, -0.15) is 0 Å². The molecular formula is C24H28Cl2N2O2. The van der Waals surface area contributed by atoms with Gasteiger partial charge in [-0.15, -0.1) is 0 Å². The third-order valence-electron chi connectivity index (χ3n) is 5.93. The van der Waals surface area contributed by atoms with Crippen molar-refractivity contribution >= 4 is 35.0 Å². The Labute approximate surface area is 188 Å². The maximum absolute atomic E-state index is 12.7. The molecule has 1 aliphatic rings. The standard InChI is InChI=1S/C24H28Cl2N2O2/c1-15(19-7-3-5-9-21(19)25)27-23(29)17-11-13-18(14-12-17)24(30)28-16(2)20-8-4-6-10-22(20)26/h3-10,15-18H,11-14H2,1-2H3,(H,27,29)(H,28,30)/t15-,16-,17?,18?/m1/s1. The van der Waals surface area contributed by atoms with Crippen LogP contribution in [0.25, 0.3) is 0 Å². The molecule has 1 aliphatic carbocycles. The molecular weight excluding hydrogens is 419 g/mol. The van der Waals surface area contributed by atoms with E-state index in [1.165, 1.54) is 0 Å². The lowest BCUT2D eigenvalue weighted by Crippen LogP contribution is -2.39. The van der Waals surface area contributed by atoms with Gasteiger partial charge in [0.25, 0.3) is 0 Å². The number of hydrogen-bond donors (Lipinski definition) is 2. The highest BCUT2D eigenvalue weighted by Gasteiger charge is 2.31. The number of rotatable bonds is 6. The van der Waals surface area contributed by atoms with Crippen molar-refractivity contribution in [2.45, 2.75) is 51.6 Å². The second-order valence-electron chi connectivity index (χ2n) is 8.05. The molecule has 2 N–H and O–H groups in total. The smallest absolute Gasteiger partial charge is 0.223 e. The molecule has 0 aromatic heterocycles. The predicted octanol–water partition coefficient (Wildman–Crippen LogP) is 5.85. The Morgan fingerprint density at radius 3 is 1.40 bits per heavy atom. The van der Waals surface area contributed by atoms with Crippen LogP contribution in [0.5, 0.6) is 0 Å². The third kappa shape index (κ3) is 5.55. The van der Waals surface area contributed by atoms with E-state index in [2.05, 4.69) is 10.6 Å². The molecule has 0 radical (unpaired) electrons. The zero-order valence-corrected chi connectivity index (χ0v) is 18.8. The van der Waals surface area contributed by atoms with Crippen LogP contribution in [-0.2, 0) is 9.59 Å². The molecule has 160 valence electrons. The molecule has 3 rings (SSSR count). The number of carbonyl (C=O) groups is 2. The number of carbonyl (C=O) groups excluding carboxylic acids is 2. The number of halogens is 2. The first-order chi connectivity index (χ1) is 14.4. The fourth-order valence-corrected chi connectivity index (χ4v) is 4.69. The van der Waals surface area contributed by atoms with Crippen LogP contribution in [-0.4, -0.2) is 11.8 Å². The van der Waals surface area contributed by atoms with Gasteiger partial charge in [-0.1, -0.05) is 59.6 Å². The molecule has 0 spiro atoms. The van der Waals surface area contributed by atoms with Gasteiger partial charge in [0.15, 0.2) is 0 Å².